The van der Waals surface area contributed by atoms with Gasteiger partial charge in [0, 0.05) is 0 Å². The van der Waals surface area contributed by atoms with Crippen LogP contribution in [0.2, 0.25) is 0 Å². The molecule has 0 unspecified atom stereocenters. The van der Waals surface area contributed by atoms with Crippen molar-refractivity contribution in [3.8, 4) is 0 Å². The first-order valence-electron chi connectivity index (χ1n) is 7.10. The first-order chi connectivity index (χ1) is 10.0. The second kappa shape index (κ2) is 6.81. The third-order valence-corrected chi connectivity index (χ3v) is 2.79. The summed E-state index contributed by atoms with van der Waals surface area (Å²) in [6.07, 6.45) is -0.568. The average Bonchev–Trinajstić information content (AvgIpc) is 2.74. The van der Waals surface area contributed by atoms with Crippen molar-refractivity contribution in [3.05, 3.63) is 17.3 Å². The van der Waals surface area contributed by atoms with Crippen molar-refractivity contribution in [1.82, 2.24) is 10.3 Å². The first kappa shape index (κ1) is 18.0. The molecule has 1 aromatic rings. The number of oxazole rings is 1. The average molecular weight is 312 g/mol. The van der Waals surface area contributed by atoms with E-state index in [2.05, 4.69) is 15.0 Å². The van der Waals surface area contributed by atoms with Crippen LogP contribution in [-0.2, 0) is 9.47 Å². The van der Waals surface area contributed by atoms with Crippen LogP contribution in [0, 0.1) is 12.8 Å². The van der Waals surface area contributed by atoms with Crippen LogP contribution in [0.5, 0.6) is 0 Å². The number of hydrogen-bond acceptors (Lipinski definition) is 6. The number of nitrogens with one attached hydrogen (secondary N) is 1. The molecule has 1 rings (SSSR count). The molecule has 0 radical (unpaired) electrons. The number of carbonyl (C=O) groups excluding carboxylic acids is 2. The second-order valence-electron chi connectivity index (χ2n) is 6.33. The number of esters is 1. The van der Waals surface area contributed by atoms with E-state index in [-0.39, 0.29) is 17.6 Å². The van der Waals surface area contributed by atoms with Crippen molar-refractivity contribution in [2.75, 3.05) is 7.11 Å². The Hall–Kier alpha value is -2.05. The number of hydrogen-bond donors (Lipinski definition) is 1. The Balaban J connectivity index is 2.97. The van der Waals surface area contributed by atoms with E-state index in [0.717, 1.165) is 0 Å². The molecule has 0 bridgehead atoms. The van der Waals surface area contributed by atoms with Crippen LogP contribution in [0.25, 0.3) is 0 Å². The van der Waals surface area contributed by atoms with Gasteiger partial charge in [-0.05, 0) is 33.6 Å². The highest BCUT2D eigenvalue weighted by Crippen LogP contribution is 2.24. The fraction of sp³-hybridized carbons (Fsp3) is 0.667. The number of carbonyl (C=O) groups is 2. The van der Waals surface area contributed by atoms with Gasteiger partial charge in [0.25, 0.3) is 0 Å². The van der Waals surface area contributed by atoms with Gasteiger partial charge in [0.2, 0.25) is 11.7 Å². The van der Waals surface area contributed by atoms with Crippen molar-refractivity contribution in [3.63, 3.8) is 0 Å². The van der Waals surface area contributed by atoms with Gasteiger partial charge in [-0.1, -0.05) is 13.8 Å². The fourth-order valence-electron chi connectivity index (χ4n) is 1.78. The maximum atomic E-state index is 11.9. The van der Waals surface area contributed by atoms with Crippen LogP contribution in [0.1, 0.15) is 62.8 Å². The van der Waals surface area contributed by atoms with E-state index in [1.165, 1.54) is 7.11 Å². The number of aromatic nitrogens is 1. The smallest absolute Gasteiger partial charge is 0.408 e. The van der Waals surface area contributed by atoms with E-state index in [4.69, 9.17) is 9.15 Å². The van der Waals surface area contributed by atoms with Crippen LogP contribution >= 0.6 is 0 Å². The predicted octanol–water partition coefficient (Wildman–Crippen LogP) is 2.99. The van der Waals surface area contributed by atoms with Gasteiger partial charge in [0.1, 0.15) is 11.6 Å². The molecule has 1 aromatic heterocycles. The molecule has 0 spiro atoms. The maximum absolute atomic E-state index is 11.9. The van der Waals surface area contributed by atoms with Crippen LogP contribution in [-0.4, -0.2) is 29.8 Å². The molecule has 0 aliphatic carbocycles. The van der Waals surface area contributed by atoms with Gasteiger partial charge < -0.3 is 19.2 Å². The predicted molar refractivity (Wildman–Crippen MR) is 79.5 cm³/mol. The lowest BCUT2D eigenvalue weighted by atomic mass is 10.0. The summed E-state index contributed by atoms with van der Waals surface area (Å²) in [5, 5.41) is 2.72. The monoisotopic (exact) mass is 312 g/mol. The molecular formula is C15H24N2O5. The second-order valence-corrected chi connectivity index (χ2v) is 6.33. The van der Waals surface area contributed by atoms with Crippen LogP contribution < -0.4 is 5.32 Å². The van der Waals surface area contributed by atoms with Gasteiger partial charge in [-0.2, -0.15) is 0 Å². The Morgan fingerprint density at radius 3 is 2.32 bits per heavy atom. The van der Waals surface area contributed by atoms with Crippen molar-refractivity contribution in [2.24, 2.45) is 5.92 Å². The van der Waals surface area contributed by atoms with E-state index in [1.807, 2.05) is 13.8 Å². The van der Waals surface area contributed by atoms with Gasteiger partial charge in [-0.3, -0.25) is 0 Å². The molecule has 0 aliphatic rings. The zero-order valence-corrected chi connectivity index (χ0v) is 14.1. The number of ether oxygens (including phenoxy) is 2. The largest absolute Gasteiger partial charge is 0.463 e. The Bertz CT molecular complexity index is 543. The van der Waals surface area contributed by atoms with E-state index < -0.39 is 23.7 Å². The molecule has 1 atom stereocenters. The lowest BCUT2D eigenvalue weighted by Crippen LogP contribution is -2.37. The quantitative estimate of drug-likeness (QED) is 0.859. The SMILES string of the molecule is COC(=O)c1oc([C@H](NC(=O)OC(C)(C)C)C(C)C)nc1C. The summed E-state index contributed by atoms with van der Waals surface area (Å²) in [6, 6.07) is -0.507. The number of amides is 1. The maximum Gasteiger partial charge on any atom is 0.408 e. The summed E-state index contributed by atoms with van der Waals surface area (Å²) in [6.45, 7) is 10.8. The van der Waals surface area contributed by atoms with Gasteiger partial charge in [-0.15, -0.1) is 0 Å². The molecule has 0 saturated heterocycles. The third kappa shape index (κ3) is 4.75. The molecular weight excluding hydrogens is 288 g/mol. The molecule has 22 heavy (non-hydrogen) atoms. The molecule has 0 saturated carbocycles. The van der Waals surface area contributed by atoms with Gasteiger partial charge in [0.15, 0.2) is 0 Å². The summed E-state index contributed by atoms with van der Waals surface area (Å²) in [7, 11) is 1.27. The van der Waals surface area contributed by atoms with Gasteiger partial charge in [0.05, 0.1) is 12.8 Å². The van der Waals surface area contributed by atoms with Crippen molar-refractivity contribution >= 4 is 12.1 Å². The lowest BCUT2D eigenvalue weighted by Gasteiger charge is -2.24. The van der Waals surface area contributed by atoms with Crippen LogP contribution in [0.3, 0.4) is 0 Å². The highest BCUT2D eigenvalue weighted by Gasteiger charge is 2.28. The minimum Gasteiger partial charge on any atom is -0.463 e. The molecule has 7 nitrogen and oxygen atoms in total. The molecule has 0 aromatic carbocycles. The number of methoxy groups -OCH3 is 1. The third-order valence-electron chi connectivity index (χ3n) is 2.79. The van der Waals surface area contributed by atoms with Gasteiger partial charge >= 0.3 is 12.1 Å². The highest BCUT2D eigenvalue weighted by atomic mass is 16.6. The molecule has 1 amide bonds. The Kier molecular flexibility index (Phi) is 5.57. The van der Waals surface area contributed by atoms with E-state index in [0.29, 0.717) is 5.69 Å². The van der Waals surface area contributed by atoms with Crippen LogP contribution in [0.4, 0.5) is 4.79 Å². The van der Waals surface area contributed by atoms with E-state index in [9.17, 15) is 9.59 Å². The number of alkyl carbamates (subject to hydrolysis) is 1. The topological polar surface area (TPSA) is 90.7 Å². The zero-order valence-electron chi connectivity index (χ0n) is 14.1. The summed E-state index contributed by atoms with van der Waals surface area (Å²) < 4.78 is 15.3. The first-order valence-corrected chi connectivity index (χ1v) is 7.10. The van der Waals surface area contributed by atoms with E-state index >= 15 is 0 Å². The minimum absolute atomic E-state index is 0.00364. The Morgan fingerprint density at radius 2 is 1.86 bits per heavy atom. The summed E-state index contributed by atoms with van der Waals surface area (Å²) in [5.74, 6) is -0.319. The molecule has 0 fully saturated rings. The Labute approximate surface area is 130 Å². The molecule has 1 heterocycles. The van der Waals surface area contributed by atoms with Crippen LogP contribution in [0.15, 0.2) is 4.42 Å². The summed E-state index contributed by atoms with van der Waals surface area (Å²) >= 11 is 0. The lowest BCUT2D eigenvalue weighted by molar-refractivity contribution is 0.0477. The molecule has 1 N–H and O–H groups in total. The summed E-state index contributed by atoms with van der Waals surface area (Å²) in [5.41, 5.74) is -0.187. The molecule has 124 valence electrons. The zero-order chi connectivity index (χ0) is 17.1. The number of rotatable bonds is 4. The molecule has 0 aliphatic heterocycles. The van der Waals surface area contributed by atoms with Gasteiger partial charge in [-0.25, -0.2) is 14.6 Å². The summed E-state index contributed by atoms with van der Waals surface area (Å²) in [4.78, 5) is 27.7. The molecule has 7 heteroatoms. The Morgan fingerprint density at radius 1 is 1.27 bits per heavy atom. The minimum atomic E-state index is -0.602. The fourth-order valence-corrected chi connectivity index (χ4v) is 1.78. The van der Waals surface area contributed by atoms with Crippen molar-refractivity contribution in [2.45, 2.75) is 53.2 Å². The normalized spacial score (nSPS) is 12.9. The van der Waals surface area contributed by atoms with E-state index in [1.54, 1.807) is 27.7 Å². The highest BCUT2D eigenvalue weighted by molar-refractivity contribution is 5.87. The van der Waals surface area contributed by atoms with Crippen molar-refractivity contribution < 1.29 is 23.5 Å². The number of nitrogens with zero attached hydrogens (tertiary/aromatic N) is 1. The standard InChI is InChI=1S/C15H24N2O5/c1-8(2)10(17-14(19)22-15(4,5)6)12-16-9(3)11(21-12)13(18)20-7/h8,10H,1-7H3,(H,17,19)/t10-/m1/s1. The van der Waals surface area contributed by atoms with Crippen molar-refractivity contribution in [1.29, 1.82) is 0 Å². The number of aryl methyl sites for hydroxylation is 1.